The molecule has 0 radical (unpaired) electrons. The molecule has 4 heteroatoms. The summed E-state index contributed by atoms with van der Waals surface area (Å²) >= 11 is 0. The minimum atomic E-state index is -0.265. The molecule has 1 unspecified atom stereocenters. The van der Waals surface area contributed by atoms with Crippen LogP contribution in [0.5, 0.6) is 11.5 Å². The zero-order valence-corrected chi connectivity index (χ0v) is 20.0. The van der Waals surface area contributed by atoms with Gasteiger partial charge in [-0.3, -0.25) is 4.79 Å². The summed E-state index contributed by atoms with van der Waals surface area (Å²) < 4.78 is 17.0. The van der Waals surface area contributed by atoms with Crippen LogP contribution < -0.4 is 9.47 Å². The first-order valence-electron chi connectivity index (χ1n) is 11.7. The second kappa shape index (κ2) is 10.9. The van der Waals surface area contributed by atoms with Gasteiger partial charge in [-0.25, -0.2) is 0 Å². The molecule has 174 valence electrons. The van der Waals surface area contributed by atoms with Crippen molar-refractivity contribution in [1.82, 2.24) is 0 Å². The normalized spacial score (nSPS) is 15.0. The molecule has 0 amide bonds. The van der Waals surface area contributed by atoms with Crippen LogP contribution in [0.2, 0.25) is 0 Å². The van der Waals surface area contributed by atoms with Gasteiger partial charge >= 0.3 is 5.97 Å². The summed E-state index contributed by atoms with van der Waals surface area (Å²) in [6.07, 6.45) is 2.19. The number of rotatable bonds is 8. The SMILES string of the molecule is CC#C[C@H](CC(=O)OC)c1ccc(OC2CCc3cc(-c4ccccc4OCC)ccc32)cc1. The predicted molar refractivity (Wildman–Crippen MR) is 134 cm³/mol. The van der Waals surface area contributed by atoms with Crippen LogP contribution >= 0.6 is 0 Å². The van der Waals surface area contributed by atoms with Crippen molar-refractivity contribution in [2.45, 2.75) is 45.1 Å². The Morgan fingerprint density at radius 2 is 1.88 bits per heavy atom. The Labute approximate surface area is 201 Å². The molecule has 4 nitrogen and oxygen atoms in total. The van der Waals surface area contributed by atoms with E-state index in [1.807, 2.05) is 49.4 Å². The fourth-order valence-electron chi connectivity index (χ4n) is 4.47. The van der Waals surface area contributed by atoms with Crippen molar-refractivity contribution in [2.75, 3.05) is 13.7 Å². The Bertz CT molecular complexity index is 1200. The minimum absolute atomic E-state index is 0.0262. The number of para-hydroxylation sites is 1. The van der Waals surface area contributed by atoms with Crippen LogP contribution in [0, 0.1) is 11.8 Å². The van der Waals surface area contributed by atoms with Gasteiger partial charge in [0, 0.05) is 5.56 Å². The summed E-state index contributed by atoms with van der Waals surface area (Å²) in [5.74, 6) is 7.29. The molecule has 0 fully saturated rings. The highest BCUT2D eigenvalue weighted by Crippen LogP contribution is 2.39. The molecule has 0 heterocycles. The van der Waals surface area contributed by atoms with Gasteiger partial charge in [0.15, 0.2) is 0 Å². The number of hydrogen-bond donors (Lipinski definition) is 0. The van der Waals surface area contributed by atoms with E-state index in [2.05, 4.69) is 36.1 Å². The maximum absolute atomic E-state index is 11.7. The molecule has 4 rings (SSSR count). The van der Waals surface area contributed by atoms with Gasteiger partial charge in [0.1, 0.15) is 17.6 Å². The second-order valence-corrected chi connectivity index (χ2v) is 8.28. The third-order valence-corrected chi connectivity index (χ3v) is 6.14. The van der Waals surface area contributed by atoms with Crippen molar-refractivity contribution >= 4 is 5.97 Å². The van der Waals surface area contributed by atoms with E-state index in [1.54, 1.807) is 6.92 Å². The van der Waals surface area contributed by atoms with Crippen LogP contribution in [0.1, 0.15) is 55.4 Å². The molecule has 0 spiro atoms. The van der Waals surface area contributed by atoms with E-state index >= 15 is 0 Å². The first-order valence-corrected chi connectivity index (χ1v) is 11.7. The Morgan fingerprint density at radius 3 is 2.62 bits per heavy atom. The lowest BCUT2D eigenvalue weighted by Crippen LogP contribution is -2.08. The fourth-order valence-corrected chi connectivity index (χ4v) is 4.47. The Kier molecular flexibility index (Phi) is 7.54. The number of ether oxygens (including phenoxy) is 3. The van der Waals surface area contributed by atoms with Crippen molar-refractivity contribution in [3.05, 3.63) is 83.4 Å². The highest BCUT2D eigenvalue weighted by atomic mass is 16.5. The predicted octanol–water partition coefficient (Wildman–Crippen LogP) is 6.49. The molecule has 34 heavy (non-hydrogen) atoms. The maximum atomic E-state index is 11.7. The van der Waals surface area contributed by atoms with Gasteiger partial charge in [-0.05, 0) is 67.1 Å². The summed E-state index contributed by atoms with van der Waals surface area (Å²) in [4.78, 5) is 11.7. The average Bonchev–Trinajstić information content (AvgIpc) is 3.26. The van der Waals surface area contributed by atoms with Crippen molar-refractivity contribution in [1.29, 1.82) is 0 Å². The van der Waals surface area contributed by atoms with Gasteiger partial charge in [0.2, 0.25) is 0 Å². The molecule has 3 aromatic carbocycles. The highest BCUT2D eigenvalue weighted by Gasteiger charge is 2.25. The number of fused-ring (bicyclic) bond motifs is 1. The Balaban J connectivity index is 1.49. The van der Waals surface area contributed by atoms with Crippen LogP contribution in [0.15, 0.2) is 66.7 Å². The largest absolute Gasteiger partial charge is 0.493 e. The number of benzene rings is 3. The van der Waals surface area contributed by atoms with Gasteiger partial charge in [0.25, 0.3) is 0 Å². The van der Waals surface area contributed by atoms with E-state index in [-0.39, 0.29) is 24.4 Å². The Morgan fingerprint density at radius 1 is 1.09 bits per heavy atom. The van der Waals surface area contributed by atoms with Crippen molar-refractivity contribution < 1.29 is 19.0 Å². The highest BCUT2D eigenvalue weighted by molar-refractivity contribution is 5.72. The molecule has 0 saturated heterocycles. The van der Waals surface area contributed by atoms with E-state index in [0.29, 0.717) is 6.61 Å². The van der Waals surface area contributed by atoms with Gasteiger partial charge in [-0.1, -0.05) is 54.5 Å². The summed E-state index contributed by atoms with van der Waals surface area (Å²) in [6.45, 7) is 4.43. The van der Waals surface area contributed by atoms with Crippen LogP contribution in [-0.2, 0) is 16.0 Å². The molecular formula is C30H30O4. The lowest BCUT2D eigenvalue weighted by molar-refractivity contribution is -0.140. The van der Waals surface area contributed by atoms with Gasteiger partial charge in [0.05, 0.1) is 26.1 Å². The quantitative estimate of drug-likeness (QED) is 0.288. The van der Waals surface area contributed by atoms with Gasteiger partial charge in [-0.15, -0.1) is 5.92 Å². The average molecular weight is 455 g/mol. The molecule has 0 bridgehead atoms. The Hall–Kier alpha value is -3.71. The lowest BCUT2D eigenvalue weighted by Gasteiger charge is -2.17. The topological polar surface area (TPSA) is 44.8 Å². The smallest absolute Gasteiger partial charge is 0.307 e. The summed E-state index contributed by atoms with van der Waals surface area (Å²) in [7, 11) is 1.40. The zero-order chi connectivity index (χ0) is 23.9. The number of carbonyl (C=O) groups excluding carboxylic acids is 1. The number of aryl methyl sites for hydroxylation is 1. The molecular weight excluding hydrogens is 424 g/mol. The van der Waals surface area contributed by atoms with E-state index in [4.69, 9.17) is 14.2 Å². The van der Waals surface area contributed by atoms with E-state index < -0.39 is 0 Å². The van der Waals surface area contributed by atoms with Crippen molar-refractivity contribution in [3.8, 4) is 34.5 Å². The number of hydrogen-bond acceptors (Lipinski definition) is 4. The molecule has 1 aliphatic carbocycles. The summed E-state index contributed by atoms with van der Waals surface area (Å²) in [5.41, 5.74) is 5.82. The molecule has 0 aromatic heterocycles. The van der Waals surface area contributed by atoms with Crippen molar-refractivity contribution in [2.24, 2.45) is 0 Å². The second-order valence-electron chi connectivity index (χ2n) is 8.28. The molecule has 1 aliphatic rings. The van der Waals surface area contributed by atoms with E-state index in [0.717, 1.165) is 35.5 Å². The molecule has 0 saturated carbocycles. The van der Waals surface area contributed by atoms with E-state index in [1.165, 1.54) is 23.8 Å². The number of carbonyl (C=O) groups is 1. The van der Waals surface area contributed by atoms with Crippen LogP contribution in [-0.4, -0.2) is 19.7 Å². The first-order chi connectivity index (χ1) is 16.6. The molecule has 2 atom stereocenters. The molecule has 0 N–H and O–H groups in total. The zero-order valence-electron chi connectivity index (χ0n) is 20.0. The summed E-state index contributed by atoms with van der Waals surface area (Å²) in [5, 5.41) is 0. The van der Waals surface area contributed by atoms with Crippen LogP contribution in [0.25, 0.3) is 11.1 Å². The van der Waals surface area contributed by atoms with E-state index in [9.17, 15) is 4.79 Å². The lowest BCUT2D eigenvalue weighted by atomic mass is 9.96. The van der Waals surface area contributed by atoms with Crippen LogP contribution in [0.4, 0.5) is 0 Å². The maximum Gasteiger partial charge on any atom is 0.307 e. The van der Waals surface area contributed by atoms with Gasteiger partial charge < -0.3 is 14.2 Å². The molecule has 0 aliphatic heterocycles. The monoisotopic (exact) mass is 454 g/mol. The van der Waals surface area contributed by atoms with Gasteiger partial charge in [-0.2, -0.15) is 0 Å². The molecule has 3 aromatic rings. The number of esters is 1. The third kappa shape index (κ3) is 5.26. The van der Waals surface area contributed by atoms with Crippen molar-refractivity contribution in [3.63, 3.8) is 0 Å². The standard InChI is InChI=1S/C30H30O4/c1-4-8-22(20-30(31)32-3)21-11-15-25(16-12-21)34-29-18-14-24-19-23(13-17-27(24)29)26-9-6-7-10-28(26)33-5-2/h6-7,9-13,15-17,19,22,29H,5,14,18,20H2,1-3H3/t22-,29?/m1/s1. The third-order valence-electron chi connectivity index (χ3n) is 6.14. The summed E-state index contributed by atoms with van der Waals surface area (Å²) in [6, 6.07) is 22.7. The fraction of sp³-hybridized carbons (Fsp3) is 0.300. The first kappa shape index (κ1) is 23.4. The van der Waals surface area contributed by atoms with Crippen LogP contribution in [0.3, 0.4) is 0 Å². The number of methoxy groups -OCH3 is 1. The minimum Gasteiger partial charge on any atom is -0.493 e.